The van der Waals surface area contributed by atoms with Gasteiger partial charge in [0.25, 0.3) is 5.92 Å². The highest BCUT2D eigenvalue weighted by Crippen LogP contribution is 2.43. The third-order valence-corrected chi connectivity index (χ3v) is 7.87. The van der Waals surface area contributed by atoms with Crippen LogP contribution in [0, 0.1) is 11.6 Å². The number of hydrogen-bond donors (Lipinski definition) is 2. The van der Waals surface area contributed by atoms with Gasteiger partial charge in [0.05, 0.1) is 34.0 Å². The molecule has 0 saturated carbocycles. The molecule has 1 atom stereocenters. The van der Waals surface area contributed by atoms with Crippen LogP contribution in [0.4, 0.5) is 28.4 Å². The smallest absolute Gasteiger partial charge is 0.272 e. The standard InChI is InChI=1S/C25H24ClF4N7S/c1-13(37-5-4-36(10-25(29,30)11-37)9-14-7-33-12-34-8-14)16-6-17(26)19(20(28)21(16)31)15-2-3-18(27)23-22(15)35-24(32)38-23/h2-3,6-8,12-13H,4-5,9-11,31H2,1H3,(H2,32,35). The van der Waals surface area contributed by atoms with E-state index in [0.29, 0.717) is 13.1 Å². The molecule has 1 aliphatic rings. The monoisotopic (exact) mass is 565 g/mol. The van der Waals surface area contributed by atoms with E-state index in [2.05, 4.69) is 15.0 Å². The minimum absolute atomic E-state index is 0.00492. The largest absolute Gasteiger partial charge is 0.396 e. The van der Waals surface area contributed by atoms with Gasteiger partial charge in [0.2, 0.25) is 0 Å². The fourth-order valence-electron chi connectivity index (χ4n) is 4.87. The lowest BCUT2D eigenvalue weighted by atomic mass is 9.96. The molecule has 0 amide bonds. The number of benzene rings is 2. The predicted molar refractivity (Wildman–Crippen MR) is 141 cm³/mol. The van der Waals surface area contributed by atoms with Crippen LogP contribution < -0.4 is 11.5 Å². The average Bonchev–Trinajstić information content (AvgIpc) is 3.20. The Hall–Kier alpha value is -3.06. The highest BCUT2D eigenvalue weighted by molar-refractivity contribution is 7.22. The Bertz CT molecular complexity index is 1480. The fraction of sp³-hybridized carbons (Fsp3) is 0.320. The van der Waals surface area contributed by atoms with Gasteiger partial charge < -0.3 is 11.5 Å². The Morgan fingerprint density at radius 2 is 1.87 bits per heavy atom. The van der Waals surface area contributed by atoms with Crippen molar-refractivity contribution in [2.45, 2.75) is 25.4 Å². The van der Waals surface area contributed by atoms with Crippen molar-refractivity contribution < 1.29 is 17.6 Å². The first-order valence-electron chi connectivity index (χ1n) is 11.7. The van der Waals surface area contributed by atoms with Crippen molar-refractivity contribution in [1.82, 2.24) is 24.8 Å². The van der Waals surface area contributed by atoms with E-state index in [0.717, 1.165) is 16.9 Å². The molecule has 1 saturated heterocycles. The SMILES string of the molecule is CC(c1cc(Cl)c(-c2ccc(F)c3sc(N)nc23)c(F)c1N)N1CCN(Cc2cncnc2)CC(F)(F)C1. The zero-order chi connectivity index (χ0) is 27.2. The maximum atomic E-state index is 15.8. The summed E-state index contributed by atoms with van der Waals surface area (Å²) in [6.07, 6.45) is 4.57. The lowest BCUT2D eigenvalue weighted by Crippen LogP contribution is -2.40. The Morgan fingerprint density at radius 3 is 2.61 bits per heavy atom. The lowest BCUT2D eigenvalue weighted by Gasteiger charge is -2.31. The zero-order valence-electron chi connectivity index (χ0n) is 20.3. The van der Waals surface area contributed by atoms with Crippen LogP contribution in [0.25, 0.3) is 21.3 Å². The number of nitrogen functional groups attached to an aromatic ring is 2. The molecule has 0 aliphatic carbocycles. The topological polar surface area (TPSA) is 97.2 Å². The maximum Gasteiger partial charge on any atom is 0.272 e. The molecule has 3 heterocycles. The molecule has 1 aliphatic heterocycles. The molecular formula is C25H24ClF4N7S. The first-order chi connectivity index (χ1) is 18.0. The number of rotatable bonds is 5. The minimum Gasteiger partial charge on any atom is -0.396 e. The number of hydrogen-bond acceptors (Lipinski definition) is 8. The summed E-state index contributed by atoms with van der Waals surface area (Å²) in [5, 5.41) is 0.127. The van der Waals surface area contributed by atoms with E-state index in [1.807, 2.05) is 0 Å². The molecule has 5 rings (SSSR count). The van der Waals surface area contributed by atoms with Crippen molar-refractivity contribution in [3.8, 4) is 11.1 Å². The van der Waals surface area contributed by atoms with Gasteiger partial charge in [0.15, 0.2) is 10.9 Å². The normalized spacial score (nSPS) is 17.5. The molecular weight excluding hydrogens is 542 g/mol. The lowest BCUT2D eigenvalue weighted by molar-refractivity contribution is -0.0445. The van der Waals surface area contributed by atoms with Crippen LogP contribution in [-0.4, -0.2) is 56.9 Å². The van der Waals surface area contributed by atoms with Crippen LogP contribution in [0.2, 0.25) is 5.02 Å². The van der Waals surface area contributed by atoms with Gasteiger partial charge in [-0.05, 0) is 30.7 Å². The minimum atomic E-state index is -3.03. The zero-order valence-corrected chi connectivity index (χ0v) is 21.8. The number of nitrogens with two attached hydrogens (primary N) is 2. The second kappa shape index (κ2) is 10.3. The molecule has 13 heteroatoms. The van der Waals surface area contributed by atoms with Crippen LogP contribution in [0.3, 0.4) is 0 Å². The molecule has 200 valence electrons. The fourth-order valence-corrected chi connectivity index (χ4v) is 5.94. The van der Waals surface area contributed by atoms with Gasteiger partial charge in [-0.1, -0.05) is 22.9 Å². The highest BCUT2D eigenvalue weighted by atomic mass is 35.5. The number of anilines is 2. The summed E-state index contributed by atoms with van der Waals surface area (Å²) in [6, 6.07) is 3.37. The number of aromatic nitrogens is 3. The summed E-state index contributed by atoms with van der Waals surface area (Å²) < 4.78 is 60.2. The Labute approximate surface area is 225 Å². The van der Waals surface area contributed by atoms with E-state index in [1.54, 1.807) is 29.1 Å². The van der Waals surface area contributed by atoms with Gasteiger partial charge in [0, 0.05) is 54.8 Å². The highest BCUT2D eigenvalue weighted by Gasteiger charge is 2.39. The Kier molecular flexibility index (Phi) is 7.16. The quantitative estimate of drug-likeness (QED) is 0.248. The molecule has 2 aromatic heterocycles. The van der Waals surface area contributed by atoms with Crippen molar-refractivity contribution in [2.24, 2.45) is 0 Å². The number of alkyl halides is 2. The summed E-state index contributed by atoms with van der Waals surface area (Å²) >= 11 is 7.48. The summed E-state index contributed by atoms with van der Waals surface area (Å²) in [7, 11) is 0. The summed E-state index contributed by atoms with van der Waals surface area (Å²) in [6.45, 7) is 1.64. The Balaban J connectivity index is 1.45. The van der Waals surface area contributed by atoms with Gasteiger partial charge in [0.1, 0.15) is 12.1 Å². The first-order valence-corrected chi connectivity index (χ1v) is 12.9. The van der Waals surface area contributed by atoms with Gasteiger partial charge >= 0.3 is 0 Å². The van der Waals surface area contributed by atoms with Gasteiger partial charge in [-0.25, -0.2) is 32.5 Å². The van der Waals surface area contributed by atoms with Crippen molar-refractivity contribution in [2.75, 3.05) is 37.6 Å². The van der Waals surface area contributed by atoms with E-state index in [1.165, 1.54) is 24.5 Å². The van der Waals surface area contributed by atoms with Crippen molar-refractivity contribution >= 4 is 44.0 Å². The van der Waals surface area contributed by atoms with E-state index < -0.39 is 36.7 Å². The van der Waals surface area contributed by atoms with Gasteiger partial charge in [-0.15, -0.1) is 0 Å². The number of thiazole rings is 1. The molecule has 38 heavy (non-hydrogen) atoms. The molecule has 0 spiro atoms. The van der Waals surface area contributed by atoms with Crippen LogP contribution in [0.5, 0.6) is 0 Å². The van der Waals surface area contributed by atoms with E-state index in [9.17, 15) is 13.2 Å². The number of fused-ring (bicyclic) bond motifs is 1. The third kappa shape index (κ3) is 5.13. The van der Waals surface area contributed by atoms with Crippen molar-refractivity contribution in [1.29, 1.82) is 0 Å². The van der Waals surface area contributed by atoms with Crippen LogP contribution in [-0.2, 0) is 6.54 Å². The van der Waals surface area contributed by atoms with Gasteiger partial charge in [-0.2, -0.15) is 0 Å². The average molecular weight is 566 g/mol. The van der Waals surface area contributed by atoms with Gasteiger partial charge in [-0.3, -0.25) is 9.80 Å². The third-order valence-electron chi connectivity index (χ3n) is 6.68. The molecule has 4 N–H and O–H groups in total. The first kappa shape index (κ1) is 26.5. The molecule has 7 nitrogen and oxygen atoms in total. The Morgan fingerprint density at radius 1 is 1.13 bits per heavy atom. The van der Waals surface area contributed by atoms with Crippen LogP contribution in [0.1, 0.15) is 24.1 Å². The van der Waals surface area contributed by atoms with E-state index in [4.69, 9.17) is 23.1 Å². The van der Waals surface area contributed by atoms with Crippen LogP contribution >= 0.6 is 22.9 Å². The van der Waals surface area contributed by atoms with Crippen molar-refractivity contribution in [3.63, 3.8) is 0 Å². The predicted octanol–water partition coefficient (Wildman–Crippen LogP) is 5.36. The second-order valence-electron chi connectivity index (χ2n) is 9.33. The molecule has 2 aromatic carbocycles. The molecule has 0 radical (unpaired) electrons. The van der Waals surface area contributed by atoms with Crippen molar-refractivity contribution in [3.05, 3.63) is 64.7 Å². The maximum absolute atomic E-state index is 15.8. The molecule has 1 unspecified atom stereocenters. The second-order valence-corrected chi connectivity index (χ2v) is 10.8. The number of halogens is 5. The van der Waals surface area contributed by atoms with E-state index >= 15 is 4.39 Å². The summed E-state index contributed by atoms with van der Waals surface area (Å²) in [4.78, 5) is 15.2. The summed E-state index contributed by atoms with van der Waals surface area (Å²) in [5.74, 6) is -4.39. The van der Waals surface area contributed by atoms with Crippen LogP contribution in [0.15, 0.2) is 36.9 Å². The molecule has 0 bridgehead atoms. The summed E-state index contributed by atoms with van der Waals surface area (Å²) in [5.41, 5.74) is 13.1. The molecule has 1 fully saturated rings. The number of nitrogens with zero attached hydrogens (tertiary/aromatic N) is 5. The molecule has 4 aromatic rings. The van der Waals surface area contributed by atoms with E-state index in [-0.39, 0.29) is 49.3 Å².